The molecule has 146 valence electrons. The highest BCUT2D eigenvalue weighted by molar-refractivity contribution is 7.15. The minimum atomic E-state index is -4.48. The molecule has 2 aromatic rings. The number of hydrogen-bond donors (Lipinski definition) is 1. The van der Waals surface area contributed by atoms with E-state index in [1.165, 1.54) is 0 Å². The summed E-state index contributed by atoms with van der Waals surface area (Å²) in [5.74, 6) is 0.756. The van der Waals surface area contributed by atoms with Gasteiger partial charge in [0, 0.05) is 58.4 Å². The van der Waals surface area contributed by atoms with Crippen LogP contribution in [0.3, 0.4) is 0 Å². The molecular weight excluding hydrogens is 383 g/mol. The van der Waals surface area contributed by atoms with Crippen molar-refractivity contribution in [3.05, 3.63) is 22.7 Å². The maximum atomic E-state index is 12.7. The van der Waals surface area contributed by atoms with E-state index in [9.17, 15) is 18.0 Å². The predicted octanol–water partition coefficient (Wildman–Crippen LogP) is 0.861. The Balaban J connectivity index is 1.39. The van der Waals surface area contributed by atoms with Gasteiger partial charge < -0.3 is 19.7 Å². The van der Waals surface area contributed by atoms with Gasteiger partial charge in [0.2, 0.25) is 10.1 Å². The molecule has 0 radical (unpaired) electrons. The highest BCUT2D eigenvalue weighted by atomic mass is 32.1. The van der Waals surface area contributed by atoms with Gasteiger partial charge in [0.15, 0.2) is 0 Å². The molecule has 0 saturated carbocycles. The lowest BCUT2D eigenvalue weighted by molar-refractivity contribution is -0.138. The van der Waals surface area contributed by atoms with E-state index in [2.05, 4.69) is 20.5 Å². The van der Waals surface area contributed by atoms with Crippen molar-refractivity contribution in [3.8, 4) is 0 Å². The molecule has 1 fully saturated rings. The van der Waals surface area contributed by atoms with Gasteiger partial charge in [0.1, 0.15) is 11.5 Å². The fourth-order valence-electron chi connectivity index (χ4n) is 3.20. The first-order valence-electron chi connectivity index (χ1n) is 8.63. The molecule has 0 spiro atoms. The van der Waals surface area contributed by atoms with Crippen molar-refractivity contribution in [2.75, 3.05) is 44.2 Å². The minimum Gasteiger partial charge on any atom is -0.343 e. The quantitative estimate of drug-likeness (QED) is 0.804. The topological polar surface area (TPSA) is 79.2 Å². The Morgan fingerprint density at radius 1 is 1.11 bits per heavy atom. The number of carbonyl (C=O) groups is 1. The maximum Gasteiger partial charge on any atom is 0.445 e. The van der Waals surface area contributed by atoms with Crippen LogP contribution >= 0.6 is 11.3 Å². The summed E-state index contributed by atoms with van der Waals surface area (Å²) in [6.07, 6.45) is -1.92. The van der Waals surface area contributed by atoms with E-state index in [0.29, 0.717) is 43.2 Å². The molecule has 8 nitrogen and oxygen atoms in total. The van der Waals surface area contributed by atoms with Crippen molar-refractivity contribution in [2.24, 2.45) is 0 Å². The number of rotatable bonds is 2. The summed E-state index contributed by atoms with van der Waals surface area (Å²) in [6, 6.07) is 0. The fourth-order valence-corrected chi connectivity index (χ4v) is 3.96. The van der Waals surface area contributed by atoms with Crippen LogP contribution in [-0.2, 0) is 19.1 Å². The van der Waals surface area contributed by atoms with Gasteiger partial charge in [-0.1, -0.05) is 11.3 Å². The highest BCUT2D eigenvalue weighted by Crippen LogP contribution is 2.34. The Hall–Kier alpha value is -2.21. The van der Waals surface area contributed by atoms with Crippen molar-refractivity contribution in [2.45, 2.75) is 19.1 Å². The molecule has 1 saturated heterocycles. The Bertz CT molecular complexity index is 802. The fraction of sp³-hybridized carbons (Fsp3) is 0.600. The number of aromatic nitrogens is 4. The zero-order chi connectivity index (χ0) is 19.0. The van der Waals surface area contributed by atoms with Crippen LogP contribution in [0.1, 0.15) is 21.3 Å². The number of amides is 1. The minimum absolute atomic E-state index is 0.142. The lowest BCUT2D eigenvalue weighted by Crippen LogP contribution is -2.48. The van der Waals surface area contributed by atoms with Gasteiger partial charge in [-0.3, -0.25) is 4.79 Å². The smallest absolute Gasteiger partial charge is 0.343 e. The first-order valence-corrected chi connectivity index (χ1v) is 9.45. The number of anilines is 1. The standard InChI is InChI=1S/C15H18F3N7OS/c16-15(17,18)13-21-22-14(27-13)24-7-5-23(6-8-24)12(26)10-9-25-4-3-19-2-1-11(25)20-10/h9,19H,1-8H2. The van der Waals surface area contributed by atoms with Crippen molar-refractivity contribution >= 4 is 22.4 Å². The molecule has 12 heteroatoms. The summed E-state index contributed by atoms with van der Waals surface area (Å²) in [6.45, 7) is 4.10. The number of halogens is 3. The van der Waals surface area contributed by atoms with Crippen LogP contribution in [0.5, 0.6) is 0 Å². The van der Waals surface area contributed by atoms with Crippen LogP contribution in [0.15, 0.2) is 6.20 Å². The summed E-state index contributed by atoms with van der Waals surface area (Å²) in [4.78, 5) is 20.6. The Morgan fingerprint density at radius 3 is 2.59 bits per heavy atom. The molecule has 2 aliphatic rings. The summed E-state index contributed by atoms with van der Waals surface area (Å²) < 4.78 is 40.0. The predicted molar refractivity (Wildman–Crippen MR) is 91.8 cm³/mol. The molecule has 4 rings (SSSR count). The molecule has 0 atom stereocenters. The summed E-state index contributed by atoms with van der Waals surface area (Å²) in [5, 5.41) is 9.41. The number of nitrogens with one attached hydrogen (secondary N) is 1. The molecule has 1 N–H and O–H groups in total. The first kappa shape index (κ1) is 18.2. The first-order chi connectivity index (χ1) is 12.9. The van der Waals surface area contributed by atoms with Crippen molar-refractivity contribution in [3.63, 3.8) is 0 Å². The van der Waals surface area contributed by atoms with Gasteiger partial charge in [-0.2, -0.15) is 13.2 Å². The van der Waals surface area contributed by atoms with E-state index >= 15 is 0 Å². The largest absolute Gasteiger partial charge is 0.445 e. The zero-order valence-corrected chi connectivity index (χ0v) is 15.2. The average molecular weight is 401 g/mol. The Kier molecular flexibility index (Phi) is 4.76. The number of fused-ring (bicyclic) bond motifs is 1. The Morgan fingerprint density at radius 2 is 1.89 bits per heavy atom. The lowest BCUT2D eigenvalue weighted by Gasteiger charge is -2.33. The summed E-state index contributed by atoms with van der Waals surface area (Å²) in [5.41, 5.74) is 0.427. The molecule has 2 aromatic heterocycles. The third kappa shape index (κ3) is 3.76. The van der Waals surface area contributed by atoms with Gasteiger partial charge >= 0.3 is 6.18 Å². The van der Waals surface area contributed by atoms with Crippen LogP contribution in [-0.4, -0.2) is 69.8 Å². The van der Waals surface area contributed by atoms with E-state index in [-0.39, 0.29) is 11.0 Å². The van der Waals surface area contributed by atoms with Crippen molar-refractivity contribution in [1.29, 1.82) is 0 Å². The molecule has 0 aliphatic carbocycles. The highest BCUT2D eigenvalue weighted by Gasteiger charge is 2.36. The second-order valence-corrected chi connectivity index (χ2v) is 7.36. The van der Waals surface area contributed by atoms with Gasteiger partial charge in [-0.15, -0.1) is 10.2 Å². The number of carbonyl (C=O) groups excluding carboxylic acids is 1. The van der Waals surface area contributed by atoms with E-state index < -0.39 is 11.2 Å². The van der Waals surface area contributed by atoms with Gasteiger partial charge in [-0.25, -0.2) is 4.98 Å². The SMILES string of the molecule is O=C(c1cn2c(n1)CCNCC2)N1CCN(c2nnc(C(F)(F)F)s2)CC1. The molecule has 2 aliphatic heterocycles. The van der Waals surface area contributed by atoms with Crippen LogP contribution in [0.25, 0.3) is 0 Å². The molecule has 0 aromatic carbocycles. The normalized spacial score (nSPS) is 18.3. The van der Waals surface area contributed by atoms with Crippen LogP contribution in [0.2, 0.25) is 0 Å². The van der Waals surface area contributed by atoms with E-state index in [1.54, 1.807) is 16.0 Å². The third-order valence-electron chi connectivity index (χ3n) is 4.63. The number of alkyl halides is 3. The number of imidazole rings is 1. The average Bonchev–Trinajstić information content (AvgIpc) is 3.24. The number of nitrogens with zero attached hydrogens (tertiary/aromatic N) is 6. The monoisotopic (exact) mass is 401 g/mol. The van der Waals surface area contributed by atoms with E-state index in [1.807, 2.05) is 4.57 Å². The molecule has 4 heterocycles. The summed E-state index contributed by atoms with van der Waals surface area (Å²) >= 11 is 0.526. The second kappa shape index (κ2) is 7.08. The van der Waals surface area contributed by atoms with Gasteiger partial charge in [0.25, 0.3) is 5.91 Å². The maximum absolute atomic E-state index is 12.7. The molecule has 0 unspecified atom stereocenters. The van der Waals surface area contributed by atoms with Crippen LogP contribution < -0.4 is 10.2 Å². The zero-order valence-electron chi connectivity index (χ0n) is 14.4. The number of hydrogen-bond acceptors (Lipinski definition) is 7. The number of piperazine rings is 1. The lowest BCUT2D eigenvalue weighted by atomic mass is 10.3. The third-order valence-corrected chi connectivity index (χ3v) is 5.66. The summed E-state index contributed by atoms with van der Waals surface area (Å²) in [7, 11) is 0. The van der Waals surface area contributed by atoms with Gasteiger partial charge in [-0.05, 0) is 0 Å². The van der Waals surface area contributed by atoms with Crippen LogP contribution in [0, 0.1) is 0 Å². The molecule has 27 heavy (non-hydrogen) atoms. The molecule has 0 bridgehead atoms. The second-order valence-electron chi connectivity index (χ2n) is 6.40. The van der Waals surface area contributed by atoms with Crippen molar-refractivity contribution < 1.29 is 18.0 Å². The molecular formula is C15H18F3N7OS. The van der Waals surface area contributed by atoms with Gasteiger partial charge in [0.05, 0.1) is 0 Å². The van der Waals surface area contributed by atoms with Crippen molar-refractivity contribution in [1.82, 2.24) is 30.0 Å². The van der Waals surface area contributed by atoms with E-state index in [4.69, 9.17) is 0 Å². The van der Waals surface area contributed by atoms with E-state index in [0.717, 1.165) is 31.9 Å². The van der Waals surface area contributed by atoms with Crippen LogP contribution in [0.4, 0.5) is 18.3 Å². The molecule has 1 amide bonds. The Labute approximate surface area is 157 Å².